The molecule has 0 radical (unpaired) electrons. The molecule has 3 aromatic rings. The molecule has 1 aliphatic rings. The zero-order valence-electron chi connectivity index (χ0n) is 17.2. The van der Waals surface area contributed by atoms with Gasteiger partial charge in [-0.1, -0.05) is 6.07 Å². The van der Waals surface area contributed by atoms with Gasteiger partial charge in [0.05, 0.1) is 7.11 Å². The number of aromatic amines is 1. The smallest absolute Gasteiger partial charge is 0.354 e. The number of terminal acetylenes is 1. The Balaban J connectivity index is 1.71. The van der Waals surface area contributed by atoms with Crippen LogP contribution >= 0.6 is 0 Å². The van der Waals surface area contributed by atoms with Gasteiger partial charge in [-0.05, 0) is 49.1 Å². The van der Waals surface area contributed by atoms with Crippen LogP contribution in [0.4, 0.5) is 0 Å². The fourth-order valence-electron chi connectivity index (χ4n) is 4.41. The third-order valence-electron chi connectivity index (χ3n) is 6.03. The molecule has 154 valence electrons. The highest BCUT2D eigenvalue weighted by atomic mass is 16.5. The Morgan fingerprint density at radius 1 is 1.43 bits per heavy atom. The van der Waals surface area contributed by atoms with Crippen LogP contribution in [0.15, 0.2) is 36.7 Å². The number of carboxylic acids is 1. The molecule has 2 aromatic heterocycles. The molecule has 30 heavy (non-hydrogen) atoms. The van der Waals surface area contributed by atoms with Crippen molar-refractivity contribution in [2.24, 2.45) is 5.92 Å². The van der Waals surface area contributed by atoms with Gasteiger partial charge in [-0.15, -0.1) is 12.3 Å². The first-order valence-corrected chi connectivity index (χ1v) is 10.0. The van der Waals surface area contributed by atoms with Gasteiger partial charge in [-0.25, -0.2) is 9.78 Å². The molecule has 0 aliphatic carbocycles. The fourth-order valence-corrected chi connectivity index (χ4v) is 4.41. The van der Waals surface area contributed by atoms with Crippen LogP contribution < -0.4 is 4.74 Å². The van der Waals surface area contributed by atoms with Crippen LogP contribution in [0.1, 0.15) is 46.1 Å². The molecule has 1 aliphatic heterocycles. The number of aryl methyl sites for hydroxylation is 1. The lowest BCUT2D eigenvalue weighted by Crippen LogP contribution is -2.36. The maximum atomic E-state index is 11.2. The number of piperidine rings is 1. The number of fused-ring (bicyclic) bond motifs is 1. The van der Waals surface area contributed by atoms with Crippen molar-refractivity contribution in [3.8, 4) is 18.1 Å². The topological polar surface area (TPSA) is 78.5 Å². The van der Waals surface area contributed by atoms with E-state index in [1.807, 2.05) is 12.3 Å². The summed E-state index contributed by atoms with van der Waals surface area (Å²) < 4.78 is 5.72. The monoisotopic (exact) mass is 403 g/mol. The van der Waals surface area contributed by atoms with E-state index in [1.54, 1.807) is 19.4 Å². The van der Waals surface area contributed by atoms with Gasteiger partial charge in [0, 0.05) is 53.9 Å². The Kier molecular flexibility index (Phi) is 5.47. The number of methoxy groups -OCH3 is 1. The number of hydrogen-bond acceptors (Lipinski definition) is 4. The number of nitrogens with one attached hydrogen (secondary N) is 1. The minimum atomic E-state index is -1.03. The number of nitrogens with zero attached hydrogens (tertiary/aromatic N) is 2. The standard InChI is InChI=1S/C24H25N3O3/c1-4-16-8-10-27(21(12-16)17-5-6-20(24(28)29)26-13-17)14-19-18-7-9-25-23(18)15(2)11-22(19)30-3/h1,5-7,9,11,13,16,21,25H,8,10,12,14H2,2-3H3,(H,28,29)/t16-,21+/m1/s1. The molecule has 1 saturated heterocycles. The molecular formula is C24H25N3O3. The van der Waals surface area contributed by atoms with Gasteiger partial charge < -0.3 is 14.8 Å². The quantitative estimate of drug-likeness (QED) is 0.626. The van der Waals surface area contributed by atoms with E-state index in [1.165, 1.54) is 0 Å². The second-order valence-corrected chi connectivity index (χ2v) is 7.80. The largest absolute Gasteiger partial charge is 0.496 e. The van der Waals surface area contributed by atoms with E-state index in [9.17, 15) is 4.79 Å². The molecule has 1 fully saturated rings. The molecule has 0 bridgehead atoms. The highest BCUT2D eigenvalue weighted by Gasteiger charge is 2.30. The van der Waals surface area contributed by atoms with Crippen LogP contribution in [0, 0.1) is 25.2 Å². The van der Waals surface area contributed by atoms with E-state index < -0.39 is 5.97 Å². The summed E-state index contributed by atoms with van der Waals surface area (Å²) in [5.74, 6) is 2.94. The summed E-state index contributed by atoms with van der Waals surface area (Å²) in [6, 6.07) is 7.64. The third kappa shape index (κ3) is 3.64. The molecule has 1 aromatic carbocycles. The molecule has 0 saturated carbocycles. The average Bonchev–Trinajstić information content (AvgIpc) is 3.26. The number of rotatable bonds is 5. The van der Waals surface area contributed by atoms with Crippen molar-refractivity contribution >= 4 is 16.9 Å². The summed E-state index contributed by atoms with van der Waals surface area (Å²) in [5.41, 5.74) is 4.43. The maximum Gasteiger partial charge on any atom is 0.354 e. The lowest BCUT2D eigenvalue weighted by molar-refractivity contribution is 0.0690. The van der Waals surface area contributed by atoms with Crippen molar-refractivity contribution in [3.63, 3.8) is 0 Å². The normalized spacial score (nSPS) is 19.5. The second-order valence-electron chi connectivity index (χ2n) is 7.80. The fraction of sp³-hybridized carbons (Fsp3) is 0.333. The van der Waals surface area contributed by atoms with Crippen LogP contribution in [0.25, 0.3) is 10.9 Å². The number of pyridine rings is 1. The molecule has 2 N–H and O–H groups in total. The van der Waals surface area contributed by atoms with Gasteiger partial charge in [-0.3, -0.25) is 4.90 Å². The van der Waals surface area contributed by atoms with E-state index >= 15 is 0 Å². The molecule has 6 heteroatoms. The summed E-state index contributed by atoms with van der Waals surface area (Å²) in [6.45, 7) is 3.63. The maximum absolute atomic E-state index is 11.2. The number of carbonyl (C=O) groups is 1. The lowest BCUT2D eigenvalue weighted by atomic mass is 9.87. The second kappa shape index (κ2) is 8.21. The highest BCUT2D eigenvalue weighted by molar-refractivity contribution is 5.88. The summed E-state index contributed by atoms with van der Waals surface area (Å²) in [6.07, 6.45) is 11.1. The first-order chi connectivity index (χ1) is 14.5. The number of aromatic nitrogens is 2. The Morgan fingerprint density at radius 3 is 2.93 bits per heavy atom. The van der Waals surface area contributed by atoms with Crippen molar-refractivity contribution in [3.05, 3.63) is 59.0 Å². The van der Waals surface area contributed by atoms with Crippen molar-refractivity contribution in [2.75, 3.05) is 13.7 Å². The van der Waals surface area contributed by atoms with Crippen molar-refractivity contribution in [2.45, 2.75) is 32.4 Å². The van der Waals surface area contributed by atoms with Gasteiger partial charge in [0.15, 0.2) is 0 Å². The predicted octanol–water partition coefficient (Wildman–Crippen LogP) is 4.16. The van der Waals surface area contributed by atoms with Gasteiger partial charge in [0.2, 0.25) is 0 Å². The van der Waals surface area contributed by atoms with E-state index in [4.69, 9.17) is 16.3 Å². The van der Waals surface area contributed by atoms with E-state index in [0.29, 0.717) is 6.54 Å². The van der Waals surface area contributed by atoms with E-state index in [0.717, 1.165) is 52.7 Å². The SMILES string of the molecule is C#C[C@@H]1CCN(Cc2c(OC)cc(C)c3[nH]ccc23)[C@H](c2ccc(C(=O)O)nc2)C1. The molecule has 0 amide bonds. The van der Waals surface area contributed by atoms with Crippen molar-refractivity contribution in [1.29, 1.82) is 0 Å². The number of carboxylic acid groups (broad SMARTS) is 1. The first kappa shape index (κ1) is 20.0. The van der Waals surface area contributed by atoms with Gasteiger partial charge in [0.1, 0.15) is 11.4 Å². The Bertz CT molecular complexity index is 1110. The van der Waals surface area contributed by atoms with E-state index in [-0.39, 0.29) is 17.7 Å². The number of likely N-dealkylation sites (tertiary alicyclic amines) is 1. The number of hydrogen-bond donors (Lipinski definition) is 2. The molecule has 2 atom stereocenters. The molecule has 0 spiro atoms. The van der Waals surface area contributed by atoms with Crippen molar-refractivity contribution in [1.82, 2.24) is 14.9 Å². The molecular weight excluding hydrogens is 378 g/mol. The Morgan fingerprint density at radius 2 is 2.27 bits per heavy atom. The minimum absolute atomic E-state index is 0.0452. The van der Waals surface area contributed by atoms with Gasteiger partial charge in [-0.2, -0.15) is 0 Å². The number of aromatic carboxylic acids is 1. The Hall–Kier alpha value is -3.30. The third-order valence-corrected chi connectivity index (χ3v) is 6.03. The number of ether oxygens (including phenoxy) is 1. The van der Waals surface area contributed by atoms with E-state index in [2.05, 4.69) is 39.8 Å². The Labute approximate surface area is 175 Å². The summed E-state index contributed by atoms with van der Waals surface area (Å²) in [4.78, 5) is 21.0. The van der Waals surface area contributed by atoms with Crippen LogP contribution in [0.5, 0.6) is 5.75 Å². The summed E-state index contributed by atoms with van der Waals surface area (Å²) in [5, 5.41) is 10.3. The van der Waals surface area contributed by atoms with Crippen molar-refractivity contribution < 1.29 is 14.6 Å². The average molecular weight is 403 g/mol. The van der Waals surface area contributed by atoms with Gasteiger partial charge in [0.25, 0.3) is 0 Å². The van der Waals surface area contributed by atoms with Gasteiger partial charge >= 0.3 is 5.97 Å². The minimum Gasteiger partial charge on any atom is -0.496 e. The lowest BCUT2D eigenvalue weighted by Gasteiger charge is -2.38. The zero-order chi connectivity index (χ0) is 21.3. The van der Waals surface area contributed by atoms with Crippen LogP contribution in [-0.4, -0.2) is 39.6 Å². The molecule has 6 nitrogen and oxygen atoms in total. The molecule has 4 rings (SSSR count). The zero-order valence-corrected chi connectivity index (χ0v) is 17.2. The molecule has 0 unspecified atom stereocenters. The summed E-state index contributed by atoms with van der Waals surface area (Å²) in [7, 11) is 1.70. The number of benzene rings is 1. The molecule has 3 heterocycles. The van der Waals surface area contributed by atoms with Crippen LogP contribution in [0.2, 0.25) is 0 Å². The predicted molar refractivity (Wildman–Crippen MR) is 115 cm³/mol. The highest BCUT2D eigenvalue weighted by Crippen LogP contribution is 2.38. The van der Waals surface area contributed by atoms with Crippen LogP contribution in [0.3, 0.4) is 0 Å². The summed E-state index contributed by atoms with van der Waals surface area (Å²) >= 11 is 0. The first-order valence-electron chi connectivity index (χ1n) is 10.0. The van der Waals surface area contributed by atoms with Crippen LogP contribution in [-0.2, 0) is 6.54 Å². The number of H-pyrrole nitrogens is 1.